The third kappa shape index (κ3) is 6.99. The van der Waals surface area contributed by atoms with Gasteiger partial charge in [0, 0.05) is 0 Å². The number of ether oxygens (including phenoxy) is 2. The Morgan fingerprint density at radius 2 is 1.88 bits per heavy atom. The molecule has 2 aromatic heterocycles. The Balaban J connectivity index is 1.68. The van der Waals surface area contributed by atoms with Gasteiger partial charge in [0.1, 0.15) is 30.0 Å². The van der Waals surface area contributed by atoms with Crippen molar-refractivity contribution in [1.82, 2.24) is 24.6 Å². The number of para-hydroxylation sites is 1. The van der Waals surface area contributed by atoms with Crippen LogP contribution in [0.2, 0.25) is 0 Å². The van der Waals surface area contributed by atoms with E-state index in [0.717, 1.165) is 0 Å². The maximum absolute atomic E-state index is 13.7. The van der Waals surface area contributed by atoms with Gasteiger partial charge in [-0.3, -0.25) is 9.36 Å². The number of rotatable bonds is 12. The highest BCUT2D eigenvalue weighted by molar-refractivity contribution is 7.57. The number of benzene rings is 1. The first-order chi connectivity index (χ1) is 16.2. The zero-order valence-corrected chi connectivity index (χ0v) is 20.6. The first-order valence-electron chi connectivity index (χ1n) is 11.0. The number of carbonyl (C=O) groups excluding carboxylic acids is 1. The van der Waals surface area contributed by atoms with Gasteiger partial charge in [-0.15, -0.1) is 0 Å². The molecule has 3 atom stereocenters. The van der Waals surface area contributed by atoms with Crippen LogP contribution in [0.15, 0.2) is 43.0 Å². The molecule has 3 aromatic rings. The highest BCUT2D eigenvalue weighted by Gasteiger charge is 2.31. The first kappa shape index (κ1) is 25.6. The molecule has 3 rings (SSSR count). The Bertz CT molecular complexity index is 1140. The number of hydrogen-bond acceptors (Lipinski definition) is 9. The topological polar surface area (TPSA) is 143 Å². The molecule has 0 aliphatic rings. The van der Waals surface area contributed by atoms with Crippen LogP contribution in [0.1, 0.15) is 27.7 Å². The van der Waals surface area contributed by atoms with Crippen molar-refractivity contribution in [3.05, 3.63) is 43.0 Å². The summed E-state index contributed by atoms with van der Waals surface area (Å²) < 4.78 is 32.4. The summed E-state index contributed by atoms with van der Waals surface area (Å²) in [6.45, 7) is 7.93. The fraction of sp³-hybridized carbons (Fsp3) is 0.455. The molecular formula is C22H31N6O5P. The smallest absolute Gasteiger partial charge is 0.342 e. The number of carbonyl (C=O) groups is 1. The molecule has 11 nitrogen and oxygen atoms in total. The van der Waals surface area contributed by atoms with Crippen LogP contribution in [0.5, 0.6) is 5.75 Å². The van der Waals surface area contributed by atoms with Crippen LogP contribution >= 0.6 is 7.52 Å². The van der Waals surface area contributed by atoms with Gasteiger partial charge in [0.2, 0.25) is 0 Å². The van der Waals surface area contributed by atoms with Gasteiger partial charge < -0.3 is 24.3 Å². The summed E-state index contributed by atoms with van der Waals surface area (Å²) in [6.07, 6.45) is 2.31. The summed E-state index contributed by atoms with van der Waals surface area (Å²) in [6, 6.07) is 7.86. The number of nitrogen functional groups attached to an aromatic ring is 1. The van der Waals surface area contributed by atoms with Crippen molar-refractivity contribution in [2.24, 2.45) is 5.92 Å². The van der Waals surface area contributed by atoms with E-state index >= 15 is 0 Å². The summed E-state index contributed by atoms with van der Waals surface area (Å²) >= 11 is 0. The van der Waals surface area contributed by atoms with E-state index in [1.54, 1.807) is 42.1 Å². The Morgan fingerprint density at radius 1 is 1.15 bits per heavy atom. The average Bonchev–Trinajstić information content (AvgIpc) is 3.20. The third-order valence-corrected chi connectivity index (χ3v) is 6.49. The highest BCUT2D eigenvalue weighted by atomic mass is 31.2. The van der Waals surface area contributed by atoms with Crippen LogP contribution in [0.4, 0.5) is 5.82 Å². The van der Waals surface area contributed by atoms with Crippen molar-refractivity contribution in [2.45, 2.75) is 46.4 Å². The van der Waals surface area contributed by atoms with Gasteiger partial charge in [0.25, 0.3) is 0 Å². The molecule has 0 spiro atoms. The van der Waals surface area contributed by atoms with E-state index in [0.29, 0.717) is 29.3 Å². The minimum Gasteiger partial charge on any atom is -0.464 e. The van der Waals surface area contributed by atoms with E-state index in [1.165, 1.54) is 6.33 Å². The number of nitrogens with two attached hydrogens (primary N) is 1. The molecule has 34 heavy (non-hydrogen) atoms. The van der Waals surface area contributed by atoms with Gasteiger partial charge in [-0.05, 0) is 31.9 Å². The third-order valence-electron chi connectivity index (χ3n) is 4.71. The molecule has 0 amide bonds. The molecule has 0 radical (unpaired) electrons. The number of aromatic nitrogens is 4. The predicted molar refractivity (Wildman–Crippen MR) is 128 cm³/mol. The van der Waals surface area contributed by atoms with Crippen LogP contribution in [0.25, 0.3) is 11.2 Å². The van der Waals surface area contributed by atoms with E-state index in [-0.39, 0.29) is 25.0 Å². The monoisotopic (exact) mass is 490 g/mol. The van der Waals surface area contributed by atoms with Crippen LogP contribution < -0.4 is 15.3 Å². The molecule has 3 N–H and O–H groups in total. The SMILES string of the molecule is CC(C)COC(=O)[C@@H](C)NP(=O)(CO[C@H](C)Cn1cnc2c(N)ncnc21)Oc1ccccc1. The van der Waals surface area contributed by atoms with E-state index in [4.69, 9.17) is 19.7 Å². The zero-order valence-electron chi connectivity index (χ0n) is 19.7. The molecule has 184 valence electrons. The van der Waals surface area contributed by atoms with Gasteiger partial charge in [-0.25, -0.2) is 20.0 Å². The Morgan fingerprint density at radius 3 is 2.59 bits per heavy atom. The molecule has 0 saturated carbocycles. The summed E-state index contributed by atoms with van der Waals surface area (Å²) in [5.41, 5.74) is 6.92. The predicted octanol–water partition coefficient (Wildman–Crippen LogP) is 3.22. The summed E-state index contributed by atoms with van der Waals surface area (Å²) in [5.74, 6) is 0.360. The quantitative estimate of drug-likeness (QED) is 0.287. The maximum Gasteiger partial charge on any atom is 0.342 e. The minimum absolute atomic E-state index is 0.188. The molecule has 1 aromatic carbocycles. The molecule has 0 aliphatic carbocycles. The Kier molecular flexibility index (Phi) is 8.60. The summed E-state index contributed by atoms with van der Waals surface area (Å²) in [4.78, 5) is 24.7. The number of nitrogens with zero attached hydrogens (tertiary/aromatic N) is 4. The van der Waals surface area contributed by atoms with Gasteiger partial charge in [-0.2, -0.15) is 0 Å². The summed E-state index contributed by atoms with van der Waals surface area (Å²) in [5, 5.41) is 2.79. The minimum atomic E-state index is -3.64. The lowest BCUT2D eigenvalue weighted by molar-refractivity contribution is -0.146. The van der Waals surface area contributed by atoms with E-state index in [2.05, 4.69) is 20.0 Å². The number of anilines is 1. The van der Waals surface area contributed by atoms with Crippen molar-refractivity contribution in [1.29, 1.82) is 0 Å². The zero-order chi connectivity index (χ0) is 24.7. The van der Waals surface area contributed by atoms with Gasteiger partial charge >= 0.3 is 13.5 Å². The number of hydrogen-bond donors (Lipinski definition) is 2. The lowest BCUT2D eigenvalue weighted by Crippen LogP contribution is -2.36. The first-order valence-corrected chi connectivity index (χ1v) is 12.8. The van der Waals surface area contributed by atoms with Gasteiger partial charge in [-0.1, -0.05) is 32.0 Å². The summed E-state index contributed by atoms with van der Waals surface area (Å²) in [7, 11) is -3.64. The molecule has 0 saturated heterocycles. The van der Waals surface area contributed by atoms with Crippen LogP contribution in [0, 0.1) is 5.92 Å². The van der Waals surface area contributed by atoms with Crippen LogP contribution in [-0.2, 0) is 25.4 Å². The lowest BCUT2D eigenvalue weighted by Gasteiger charge is -2.25. The largest absolute Gasteiger partial charge is 0.464 e. The second-order valence-electron chi connectivity index (χ2n) is 8.39. The molecule has 0 bridgehead atoms. The average molecular weight is 491 g/mol. The lowest BCUT2D eigenvalue weighted by atomic mass is 10.2. The molecule has 0 fully saturated rings. The van der Waals surface area contributed by atoms with Gasteiger partial charge in [0.05, 0.1) is 25.6 Å². The number of nitrogens with one attached hydrogen (secondary N) is 1. The van der Waals surface area contributed by atoms with Crippen molar-refractivity contribution >= 4 is 30.5 Å². The second kappa shape index (κ2) is 11.4. The van der Waals surface area contributed by atoms with Crippen molar-refractivity contribution in [3.63, 3.8) is 0 Å². The maximum atomic E-state index is 13.7. The molecule has 2 heterocycles. The second-order valence-corrected chi connectivity index (χ2v) is 10.4. The van der Waals surface area contributed by atoms with Crippen molar-refractivity contribution < 1.29 is 23.4 Å². The normalized spacial score (nSPS) is 15.1. The van der Waals surface area contributed by atoms with E-state index in [1.807, 2.05) is 26.8 Å². The molecule has 12 heteroatoms. The van der Waals surface area contributed by atoms with E-state index < -0.39 is 19.5 Å². The highest BCUT2D eigenvalue weighted by Crippen LogP contribution is 2.44. The van der Waals surface area contributed by atoms with E-state index in [9.17, 15) is 9.36 Å². The van der Waals surface area contributed by atoms with Crippen LogP contribution in [0.3, 0.4) is 0 Å². The van der Waals surface area contributed by atoms with Crippen LogP contribution in [-0.4, -0.2) is 50.6 Å². The number of esters is 1. The number of imidazole rings is 1. The van der Waals surface area contributed by atoms with Gasteiger partial charge in [0.15, 0.2) is 11.5 Å². The fourth-order valence-electron chi connectivity index (χ4n) is 3.05. The fourth-order valence-corrected chi connectivity index (χ4v) is 4.84. The Labute approximate surface area is 198 Å². The Hall–Kier alpha value is -3.01. The standard InChI is InChI=1S/C22H31N6O5P/c1-15(2)11-31-22(29)17(4)27-34(30,33-18-8-6-5-7-9-18)14-32-16(3)10-28-13-26-19-20(23)24-12-25-21(19)28/h5-9,12-13,15-17H,10-11,14H2,1-4H3,(H,27,30)(H2,23,24,25)/t16-,17-,34?/m1/s1. The molecule has 1 unspecified atom stereocenters. The molecular weight excluding hydrogens is 459 g/mol. The van der Waals surface area contributed by atoms with Crippen molar-refractivity contribution in [2.75, 3.05) is 18.7 Å². The molecule has 0 aliphatic heterocycles. The number of fused-ring (bicyclic) bond motifs is 1. The van der Waals surface area contributed by atoms with Crippen molar-refractivity contribution in [3.8, 4) is 5.75 Å².